The van der Waals surface area contributed by atoms with Crippen molar-refractivity contribution in [3.63, 3.8) is 0 Å². The SMILES string of the molecule is Cc1cc(C)n(CCC(C)C)c(=O)c1C(C)(C)N. The van der Waals surface area contributed by atoms with Gasteiger partial charge in [-0.3, -0.25) is 4.79 Å². The van der Waals surface area contributed by atoms with Gasteiger partial charge in [0.25, 0.3) is 5.56 Å². The predicted molar refractivity (Wildman–Crippen MR) is 76.8 cm³/mol. The number of hydrogen-bond donors (Lipinski definition) is 1. The standard InChI is InChI=1S/C15H26N2O/c1-10(2)7-8-17-12(4)9-11(3)13(14(17)18)15(5,6)16/h9-10H,7-8,16H2,1-6H3. The summed E-state index contributed by atoms with van der Waals surface area (Å²) in [6.07, 6.45) is 1.01. The molecule has 3 nitrogen and oxygen atoms in total. The Kier molecular flexibility index (Phi) is 4.38. The van der Waals surface area contributed by atoms with E-state index >= 15 is 0 Å². The van der Waals surface area contributed by atoms with Crippen LogP contribution in [-0.2, 0) is 12.1 Å². The highest BCUT2D eigenvalue weighted by atomic mass is 16.1. The molecule has 0 atom stereocenters. The molecule has 0 amide bonds. The molecule has 18 heavy (non-hydrogen) atoms. The van der Waals surface area contributed by atoms with E-state index in [0.717, 1.165) is 29.8 Å². The molecule has 0 aliphatic rings. The average molecular weight is 250 g/mol. The maximum Gasteiger partial charge on any atom is 0.256 e. The second kappa shape index (κ2) is 5.27. The molecule has 0 aliphatic heterocycles. The molecule has 0 saturated heterocycles. The molecule has 1 heterocycles. The first-order valence-corrected chi connectivity index (χ1v) is 6.65. The zero-order chi connectivity index (χ0) is 14.1. The van der Waals surface area contributed by atoms with E-state index in [1.54, 1.807) is 0 Å². The third-order valence-electron chi connectivity index (χ3n) is 3.28. The van der Waals surface area contributed by atoms with Crippen molar-refractivity contribution in [2.45, 2.75) is 60.0 Å². The van der Waals surface area contributed by atoms with Crippen LogP contribution in [0.1, 0.15) is 50.9 Å². The van der Waals surface area contributed by atoms with Gasteiger partial charge in [-0.2, -0.15) is 0 Å². The van der Waals surface area contributed by atoms with E-state index in [4.69, 9.17) is 5.73 Å². The van der Waals surface area contributed by atoms with Crippen LogP contribution in [-0.4, -0.2) is 4.57 Å². The fourth-order valence-electron chi connectivity index (χ4n) is 2.38. The summed E-state index contributed by atoms with van der Waals surface area (Å²) in [5, 5.41) is 0. The number of pyridine rings is 1. The molecule has 0 saturated carbocycles. The third kappa shape index (κ3) is 3.22. The third-order valence-corrected chi connectivity index (χ3v) is 3.28. The smallest absolute Gasteiger partial charge is 0.256 e. The molecule has 3 heteroatoms. The largest absolute Gasteiger partial charge is 0.322 e. The maximum atomic E-state index is 12.6. The number of hydrogen-bond acceptors (Lipinski definition) is 2. The van der Waals surface area contributed by atoms with Crippen LogP contribution in [0, 0.1) is 19.8 Å². The van der Waals surface area contributed by atoms with E-state index in [-0.39, 0.29) is 5.56 Å². The Balaban J connectivity index is 3.32. The van der Waals surface area contributed by atoms with Gasteiger partial charge in [0.05, 0.1) is 0 Å². The summed E-state index contributed by atoms with van der Waals surface area (Å²) in [5.74, 6) is 0.590. The van der Waals surface area contributed by atoms with Crippen molar-refractivity contribution in [2.75, 3.05) is 0 Å². The lowest BCUT2D eigenvalue weighted by atomic mass is 9.92. The minimum atomic E-state index is -0.589. The predicted octanol–water partition coefficient (Wildman–Crippen LogP) is 2.71. The highest BCUT2D eigenvalue weighted by Crippen LogP contribution is 2.18. The number of aromatic nitrogens is 1. The normalized spacial score (nSPS) is 12.2. The van der Waals surface area contributed by atoms with Gasteiger partial charge in [-0.1, -0.05) is 13.8 Å². The molecule has 1 aromatic heterocycles. The second-order valence-electron chi connectivity index (χ2n) is 6.20. The van der Waals surface area contributed by atoms with E-state index < -0.39 is 5.54 Å². The molecule has 1 rings (SSSR count). The number of nitrogens with two attached hydrogens (primary N) is 1. The van der Waals surface area contributed by atoms with Gasteiger partial charge >= 0.3 is 0 Å². The van der Waals surface area contributed by atoms with Gasteiger partial charge in [0.2, 0.25) is 0 Å². The van der Waals surface area contributed by atoms with Gasteiger partial charge in [0.15, 0.2) is 0 Å². The van der Waals surface area contributed by atoms with Crippen molar-refractivity contribution < 1.29 is 0 Å². The molecule has 0 spiro atoms. The van der Waals surface area contributed by atoms with Crippen LogP contribution < -0.4 is 11.3 Å². The van der Waals surface area contributed by atoms with Crippen LogP contribution in [0.5, 0.6) is 0 Å². The van der Waals surface area contributed by atoms with Gasteiger partial charge < -0.3 is 10.3 Å². The summed E-state index contributed by atoms with van der Waals surface area (Å²) in [5.41, 5.74) is 8.35. The molecule has 0 radical (unpaired) electrons. The summed E-state index contributed by atoms with van der Waals surface area (Å²) in [4.78, 5) is 12.6. The Morgan fingerprint density at radius 1 is 1.33 bits per heavy atom. The van der Waals surface area contributed by atoms with E-state index in [0.29, 0.717) is 5.92 Å². The van der Waals surface area contributed by atoms with Crippen LogP contribution in [0.15, 0.2) is 10.9 Å². The molecule has 102 valence electrons. The second-order valence-corrected chi connectivity index (χ2v) is 6.20. The van der Waals surface area contributed by atoms with Crippen LogP contribution in [0.4, 0.5) is 0 Å². The van der Waals surface area contributed by atoms with Crippen LogP contribution in [0.25, 0.3) is 0 Å². The van der Waals surface area contributed by atoms with Gasteiger partial charge in [0, 0.05) is 23.3 Å². The minimum absolute atomic E-state index is 0.0700. The van der Waals surface area contributed by atoms with Gasteiger partial charge in [-0.25, -0.2) is 0 Å². The zero-order valence-corrected chi connectivity index (χ0v) is 12.5. The monoisotopic (exact) mass is 250 g/mol. The van der Waals surface area contributed by atoms with Crippen molar-refractivity contribution in [1.29, 1.82) is 0 Å². The summed E-state index contributed by atoms with van der Waals surface area (Å²) < 4.78 is 1.86. The molecule has 0 fully saturated rings. The first kappa shape index (κ1) is 15.0. The van der Waals surface area contributed by atoms with E-state index in [1.807, 2.05) is 32.3 Å². The molecule has 0 aromatic carbocycles. The first-order valence-electron chi connectivity index (χ1n) is 6.65. The highest BCUT2D eigenvalue weighted by molar-refractivity contribution is 5.31. The quantitative estimate of drug-likeness (QED) is 0.893. The van der Waals surface area contributed by atoms with Gasteiger partial charge in [0.1, 0.15) is 0 Å². The van der Waals surface area contributed by atoms with Crippen molar-refractivity contribution in [2.24, 2.45) is 11.7 Å². The first-order chi connectivity index (χ1) is 8.14. The Morgan fingerprint density at radius 2 is 1.89 bits per heavy atom. The number of nitrogens with zero attached hydrogens (tertiary/aromatic N) is 1. The van der Waals surface area contributed by atoms with Gasteiger partial charge in [-0.05, 0) is 51.7 Å². The molecular formula is C15H26N2O. The lowest BCUT2D eigenvalue weighted by Crippen LogP contribution is -2.40. The summed E-state index contributed by atoms with van der Waals surface area (Å²) >= 11 is 0. The maximum absolute atomic E-state index is 12.6. The summed E-state index contributed by atoms with van der Waals surface area (Å²) in [6.45, 7) is 12.8. The lowest BCUT2D eigenvalue weighted by molar-refractivity contribution is 0.483. The van der Waals surface area contributed by atoms with Crippen molar-refractivity contribution in [3.8, 4) is 0 Å². The number of aryl methyl sites for hydroxylation is 2. The Labute approximate surface area is 110 Å². The van der Waals surface area contributed by atoms with E-state index in [2.05, 4.69) is 19.9 Å². The van der Waals surface area contributed by atoms with Crippen LogP contribution in [0.3, 0.4) is 0 Å². The molecule has 0 unspecified atom stereocenters. The topological polar surface area (TPSA) is 48.0 Å². The molecule has 1 aromatic rings. The minimum Gasteiger partial charge on any atom is -0.322 e. The summed E-state index contributed by atoms with van der Waals surface area (Å²) in [6, 6.07) is 2.06. The summed E-state index contributed by atoms with van der Waals surface area (Å²) in [7, 11) is 0. The van der Waals surface area contributed by atoms with Crippen molar-refractivity contribution in [1.82, 2.24) is 4.57 Å². The highest BCUT2D eigenvalue weighted by Gasteiger charge is 2.22. The lowest BCUT2D eigenvalue weighted by Gasteiger charge is -2.23. The Morgan fingerprint density at radius 3 is 2.33 bits per heavy atom. The van der Waals surface area contributed by atoms with E-state index in [1.165, 1.54) is 0 Å². The average Bonchev–Trinajstić information content (AvgIpc) is 2.13. The van der Waals surface area contributed by atoms with Crippen molar-refractivity contribution in [3.05, 3.63) is 33.2 Å². The Bertz CT molecular complexity index is 478. The molecule has 0 bridgehead atoms. The van der Waals surface area contributed by atoms with Crippen LogP contribution in [0.2, 0.25) is 0 Å². The van der Waals surface area contributed by atoms with Gasteiger partial charge in [-0.15, -0.1) is 0 Å². The van der Waals surface area contributed by atoms with Crippen molar-refractivity contribution >= 4 is 0 Å². The fraction of sp³-hybridized carbons (Fsp3) is 0.667. The Hall–Kier alpha value is -1.09. The molecule has 0 aliphatic carbocycles. The fourth-order valence-corrected chi connectivity index (χ4v) is 2.38. The number of rotatable bonds is 4. The van der Waals surface area contributed by atoms with Crippen LogP contribution >= 0.6 is 0 Å². The zero-order valence-electron chi connectivity index (χ0n) is 12.5. The molecular weight excluding hydrogens is 224 g/mol. The van der Waals surface area contributed by atoms with E-state index in [9.17, 15) is 4.79 Å². The molecule has 2 N–H and O–H groups in total.